The van der Waals surface area contributed by atoms with E-state index in [0.29, 0.717) is 5.92 Å². The van der Waals surface area contributed by atoms with Crippen molar-refractivity contribution in [3.8, 4) is 11.8 Å². The third kappa shape index (κ3) is 4.14. The van der Waals surface area contributed by atoms with Gasteiger partial charge in [-0.2, -0.15) is 11.8 Å². The minimum Gasteiger partial charge on any atom is -0.289 e. The summed E-state index contributed by atoms with van der Waals surface area (Å²) in [5, 5.41) is 0.740. The van der Waals surface area contributed by atoms with Crippen LogP contribution in [0, 0.1) is 23.7 Å². The lowest BCUT2D eigenvalue weighted by molar-refractivity contribution is 0.541. The van der Waals surface area contributed by atoms with Crippen molar-refractivity contribution in [1.82, 2.24) is 0 Å². The standard InChI is InChI=1S/C19H23NS/c1-14(21-2)11-17-12-19(20-13-17)18-9-7-16(8-10-18)6-5-15-3-4-15/h7-10,14-15,17H,3-4,11-13H2,1-2H3. The minimum absolute atomic E-state index is 0.670. The molecule has 2 heteroatoms. The lowest BCUT2D eigenvalue weighted by Gasteiger charge is -2.13. The molecule has 0 radical (unpaired) electrons. The van der Waals surface area contributed by atoms with Gasteiger partial charge in [-0.1, -0.05) is 30.9 Å². The van der Waals surface area contributed by atoms with Crippen LogP contribution >= 0.6 is 11.8 Å². The average molecular weight is 297 g/mol. The Labute approximate surface area is 132 Å². The van der Waals surface area contributed by atoms with Gasteiger partial charge in [-0.3, -0.25) is 4.99 Å². The van der Waals surface area contributed by atoms with E-state index in [1.807, 2.05) is 11.8 Å². The van der Waals surface area contributed by atoms with Gasteiger partial charge in [0.05, 0.1) is 0 Å². The largest absolute Gasteiger partial charge is 0.289 e. The molecule has 1 heterocycles. The molecule has 21 heavy (non-hydrogen) atoms. The molecule has 1 aromatic carbocycles. The molecule has 1 aliphatic heterocycles. The van der Waals surface area contributed by atoms with Gasteiger partial charge in [0.1, 0.15) is 0 Å². The number of hydrogen-bond acceptors (Lipinski definition) is 2. The summed E-state index contributed by atoms with van der Waals surface area (Å²) in [6.07, 6.45) is 7.19. The highest BCUT2D eigenvalue weighted by atomic mass is 32.2. The molecule has 0 amide bonds. The van der Waals surface area contributed by atoms with E-state index in [1.54, 1.807) is 0 Å². The van der Waals surface area contributed by atoms with Crippen molar-refractivity contribution in [2.24, 2.45) is 16.8 Å². The molecule has 0 N–H and O–H groups in total. The second-order valence-electron chi connectivity index (χ2n) is 6.26. The first-order chi connectivity index (χ1) is 10.2. The predicted molar refractivity (Wildman–Crippen MR) is 93.1 cm³/mol. The molecule has 0 spiro atoms. The normalized spacial score (nSPS) is 22.4. The minimum atomic E-state index is 0.670. The number of rotatable bonds is 4. The van der Waals surface area contributed by atoms with E-state index in [-0.39, 0.29) is 0 Å². The number of aliphatic imine (C=N–C) groups is 1. The summed E-state index contributed by atoms with van der Waals surface area (Å²) in [5.41, 5.74) is 3.71. The molecular formula is C19H23NS. The number of benzene rings is 1. The molecule has 2 unspecified atom stereocenters. The van der Waals surface area contributed by atoms with Crippen LogP contribution in [0.25, 0.3) is 0 Å². The van der Waals surface area contributed by atoms with Crippen molar-refractivity contribution in [1.29, 1.82) is 0 Å². The van der Waals surface area contributed by atoms with E-state index in [2.05, 4.69) is 49.3 Å². The smallest absolute Gasteiger partial charge is 0.0425 e. The van der Waals surface area contributed by atoms with E-state index in [0.717, 1.165) is 29.7 Å². The molecule has 1 fully saturated rings. The Bertz CT molecular complexity index is 572. The molecule has 0 aromatic heterocycles. The van der Waals surface area contributed by atoms with Crippen LogP contribution in [0.2, 0.25) is 0 Å². The molecule has 1 aliphatic carbocycles. The number of nitrogens with zero attached hydrogens (tertiary/aromatic N) is 1. The zero-order valence-electron chi connectivity index (χ0n) is 12.9. The van der Waals surface area contributed by atoms with Crippen LogP contribution in [0.4, 0.5) is 0 Å². The summed E-state index contributed by atoms with van der Waals surface area (Å²) in [6, 6.07) is 8.67. The van der Waals surface area contributed by atoms with Crippen LogP contribution in [0.3, 0.4) is 0 Å². The van der Waals surface area contributed by atoms with Crippen LogP contribution in [0.5, 0.6) is 0 Å². The van der Waals surface area contributed by atoms with Crippen molar-refractivity contribution >= 4 is 17.5 Å². The first-order valence-electron chi connectivity index (χ1n) is 7.92. The zero-order valence-corrected chi connectivity index (χ0v) is 13.7. The maximum atomic E-state index is 4.76. The molecule has 1 saturated carbocycles. The highest BCUT2D eigenvalue weighted by molar-refractivity contribution is 7.99. The van der Waals surface area contributed by atoms with Gasteiger partial charge in [0.15, 0.2) is 0 Å². The summed E-state index contributed by atoms with van der Waals surface area (Å²) in [5.74, 6) is 7.99. The highest BCUT2D eigenvalue weighted by Crippen LogP contribution is 2.28. The lowest BCUT2D eigenvalue weighted by Crippen LogP contribution is -2.09. The molecule has 1 aromatic rings. The van der Waals surface area contributed by atoms with E-state index >= 15 is 0 Å². The van der Waals surface area contributed by atoms with Gasteiger partial charge in [0.2, 0.25) is 0 Å². The van der Waals surface area contributed by atoms with Gasteiger partial charge < -0.3 is 0 Å². The topological polar surface area (TPSA) is 12.4 Å². The van der Waals surface area contributed by atoms with Gasteiger partial charge in [-0.15, -0.1) is 0 Å². The monoisotopic (exact) mass is 297 g/mol. The Morgan fingerprint density at radius 3 is 2.71 bits per heavy atom. The Morgan fingerprint density at radius 1 is 1.29 bits per heavy atom. The Morgan fingerprint density at radius 2 is 2.05 bits per heavy atom. The highest BCUT2D eigenvalue weighted by Gasteiger charge is 2.21. The molecule has 3 rings (SSSR count). The van der Waals surface area contributed by atoms with Gasteiger partial charge in [-0.25, -0.2) is 0 Å². The summed E-state index contributed by atoms with van der Waals surface area (Å²) >= 11 is 1.96. The molecule has 1 nitrogen and oxygen atoms in total. The van der Waals surface area contributed by atoms with Crippen molar-refractivity contribution < 1.29 is 0 Å². The first-order valence-corrected chi connectivity index (χ1v) is 9.21. The van der Waals surface area contributed by atoms with Gasteiger partial charge in [-0.05, 0) is 55.6 Å². The van der Waals surface area contributed by atoms with E-state index in [1.165, 1.54) is 30.5 Å². The molecule has 0 bridgehead atoms. The van der Waals surface area contributed by atoms with E-state index in [9.17, 15) is 0 Å². The summed E-state index contributed by atoms with van der Waals surface area (Å²) < 4.78 is 0. The summed E-state index contributed by atoms with van der Waals surface area (Å²) in [6.45, 7) is 3.32. The number of thioether (sulfide) groups is 1. The number of hydrogen-bond donors (Lipinski definition) is 0. The van der Waals surface area contributed by atoms with Crippen molar-refractivity contribution in [2.75, 3.05) is 12.8 Å². The Kier molecular flexibility index (Phi) is 4.70. The Hall–Kier alpha value is -1.20. The van der Waals surface area contributed by atoms with Crippen LogP contribution < -0.4 is 0 Å². The second kappa shape index (κ2) is 6.71. The van der Waals surface area contributed by atoms with Gasteiger partial charge in [0.25, 0.3) is 0 Å². The quantitative estimate of drug-likeness (QED) is 0.750. The van der Waals surface area contributed by atoms with Crippen LogP contribution in [-0.4, -0.2) is 23.8 Å². The van der Waals surface area contributed by atoms with Gasteiger partial charge in [0, 0.05) is 29.0 Å². The second-order valence-corrected chi connectivity index (χ2v) is 7.54. The van der Waals surface area contributed by atoms with Crippen molar-refractivity contribution in [3.05, 3.63) is 35.4 Å². The van der Waals surface area contributed by atoms with E-state index in [4.69, 9.17) is 4.99 Å². The molecule has 0 saturated heterocycles. The maximum absolute atomic E-state index is 4.76. The predicted octanol–water partition coefficient (Wildman–Crippen LogP) is 4.40. The van der Waals surface area contributed by atoms with Gasteiger partial charge >= 0.3 is 0 Å². The average Bonchev–Trinajstić information content (AvgIpc) is 3.23. The fourth-order valence-corrected chi connectivity index (χ4v) is 3.20. The summed E-state index contributed by atoms with van der Waals surface area (Å²) in [4.78, 5) is 4.76. The van der Waals surface area contributed by atoms with Crippen molar-refractivity contribution in [2.45, 2.75) is 37.9 Å². The summed E-state index contributed by atoms with van der Waals surface area (Å²) in [7, 11) is 0. The fraction of sp³-hybridized carbons (Fsp3) is 0.526. The van der Waals surface area contributed by atoms with E-state index < -0.39 is 0 Å². The maximum Gasteiger partial charge on any atom is 0.0425 e. The fourth-order valence-electron chi connectivity index (χ4n) is 2.73. The third-order valence-electron chi connectivity index (χ3n) is 4.31. The zero-order chi connectivity index (χ0) is 14.7. The molecular weight excluding hydrogens is 274 g/mol. The lowest BCUT2D eigenvalue weighted by atomic mass is 9.96. The Balaban J connectivity index is 1.59. The first kappa shape index (κ1) is 14.7. The van der Waals surface area contributed by atoms with Crippen LogP contribution in [0.15, 0.2) is 29.3 Å². The van der Waals surface area contributed by atoms with Crippen molar-refractivity contribution in [3.63, 3.8) is 0 Å². The van der Waals surface area contributed by atoms with Crippen LogP contribution in [0.1, 0.15) is 43.7 Å². The third-order valence-corrected chi connectivity index (χ3v) is 5.30. The SMILES string of the molecule is CSC(C)CC1CN=C(c2ccc(C#CC3CC3)cc2)C1. The molecule has 2 atom stereocenters. The molecule has 2 aliphatic rings. The van der Waals surface area contributed by atoms with Crippen LogP contribution in [-0.2, 0) is 0 Å². The molecule has 110 valence electrons.